The third kappa shape index (κ3) is 6.31. The molecule has 0 aromatic rings. The summed E-state index contributed by atoms with van der Waals surface area (Å²) in [6.07, 6.45) is 1.13. The molecular formula is C9H21Cl3N2. The molecule has 0 aliphatic carbocycles. The lowest BCUT2D eigenvalue weighted by Crippen LogP contribution is -2.46. The minimum Gasteiger partial charge on any atom is -0.301 e. The summed E-state index contributed by atoms with van der Waals surface area (Å²) in [7, 11) is 0. The molecule has 2 nitrogen and oxygen atoms in total. The molecule has 14 heavy (non-hydrogen) atoms. The predicted octanol–water partition coefficient (Wildman–Crippen LogP) is 2.10. The number of halogens is 3. The minimum atomic E-state index is 0. The van der Waals surface area contributed by atoms with Crippen molar-refractivity contribution in [1.82, 2.24) is 9.80 Å². The van der Waals surface area contributed by atoms with Gasteiger partial charge in [-0.3, -0.25) is 0 Å². The van der Waals surface area contributed by atoms with Gasteiger partial charge in [-0.05, 0) is 19.5 Å². The largest absolute Gasteiger partial charge is 0.301 e. The Morgan fingerprint density at radius 2 is 1.50 bits per heavy atom. The van der Waals surface area contributed by atoms with Gasteiger partial charge in [0.2, 0.25) is 0 Å². The summed E-state index contributed by atoms with van der Waals surface area (Å²) in [5, 5.41) is 0. The van der Waals surface area contributed by atoms with E-state index in [0.29, 0.717) is 0 Å². The number of hydrogen-bond acceptors (Lipinski definition) is 2. The first-order valence-electron chi connectivity index (χ1n) is 4.87. The highest BCUT2D eigenvalue weighted by atomic mass is 35.5. The molecule has 0 unspecified atom stereocenters. The van der Waals surface area contributed by atoms with Gasteiger partial charge in [0, 0.05) is 32.1 Å². The molecule has 1 rings (SSSR count). The first-order valence-corrected chi connectivity index (χ1v) is 5.41. The number of likely N-dealkylation sites (N-methyl/N-ethyl adjacent to an activating group) is 1. The van der Waals surface area contributed by atoms with Crippen LogP contribution in [0.25, 0.3) is 0 Å². The van der Waals surface area contributed by atoms with Gasteiger partial charge < -0.3 is 9.80 Å². The number of rotatable bonds is 4. The zero-order chi connectivity index (χ0) is 8.81. The van der Waals surface area contributed by atoms with E-state index in [1.54, 1.807) is 0 Å². The van der Waals surface area contributed by atoms with E-state index < -0.39 is 0 Å². The van der Waals surface area contributed by atoms with Crippen molar-refractivity contribution >= 4 is 36.4 Å². The SMILES string of the molecule is CCN1CCN(CCCCl)CC1.Cl.Cl. The van der Waals surface area contributed by atoms with Crippen LogP contribution in [0.3, 0.4) is 0 Å². The van der Waals surface area contributed by atoms with Crippen molar-refractivity contribution in [3.05, 3.63) is 0 Å². The van der Waals surface area contributed by atoms with Gasteiger partial charge in [-0.15, -0.1) is 36.4 Å². The van der Waals surface area contributed by atoms with E-state index in [4.69, 9.17) is 11.6 Å². The van der Waals surface area contributed by atoms with Crippen molar-refractivity contribution in [2.45, 2.75) is 13.3 Å². The van der Waals surface area contributed by atoms with Crippen LogP contribution in [0.15, 0.2) is 0 Å². The second-order valence-electron chi connectivity index (χ2n) is 3.32. The summed E-state index contributed by atoms with van der Waals surface area (Å²) in [6.45, 7) is 9.53. The van der Waals surface area contributed by atoms with Crippen LogP contribution >= 0.6 is 36.4 Å². The smallest absolute Gasteiger partial charge is 0.0235 e. The molecule has 0 amide bonds. The quantitative estimate of drug-likeness (QED) is 0.717. The van der Waals surface area contributed by atoms with Gasteiger partial charge in [0.25, 0.3) is 0 Å². The average molecular weight is 264 g/mol. The van der Waals surface area contributed by atoms with Crippen molar-refractivity contribution in [3.63, 3.8) is 0 Å². The fourth-order valence-electron chi connectivity index (χ4n) is 1.61. The molecule has 0 aromatic carbocycles. The van der Waals surface area contributed by atoms with E-state index in [1.807, 2.05) is 0 Å². The standard InChI is InChI=1S/C9H19ClN2.2ClH/c1-2-11-6-8-12(9-7-11)5-3-4-10;;/h2-9H2,1H3;2*1H. The molecule has 0 bridgehead atoms. The lowest BCUT2D eigenvalue weighted by atomic mass is 10.3. The van der Waals surface area contributed by atoms with E-state index >= 15 is 0 Å². The molecule has 1 aliphatic heterocycles. The maximum absolute atomic E-state index is 5.64. The second kappa shape index (κ2) is 10.3. The average Bonchev–Trinajstić information content (AvgIpc) is 2.15. The van der Waals surface area contributed by atoms with Crippen LogP contribution in [-0.2, 0) is 0 Å². The highest BCUT2D eigenvalue weighted by molar-refractivity contribution is 6.17. The molecule has 0 spiro atoms. The number of alkyl halides is 1. The highest BCUT2D eigenvalue weighted by Crippen LogP contribution is 2.01. The lowest BCUT2D eigenvalue weighted by Gasteiger charge is -2.33. The van der Waals surface area contributed by atoms with E-state index in [9.17, 15) is 0 Å². The summed E-state index contributed by atoms with van der Waals surface area (Å²) < 4.78 is 0. The molecule has 0 saturated carbocycles. The molecule has 1 heterocycles. The third-order valence-corrected chi connectivity index (χ3v) is 2.79. The van der Waals surface area contributed by atoms with Crippen LogP contribution in [-0.4, -0.2) is 54.9 Å². The van der Waals surface area contributed by atoms with Crippen LogP contribution < -0.4 is 0 Å². The first kappa shape index (κ1) is 17.2. The van der Waals surface area contributed by atoms with Crippen molar-refractivity contribution < 1.29 is 0 Å². The van der Waals surface area contributed by atoms with Gasteiger partial charge in [-0.25, -0.2) is 0 Å². The van der Waals surface area contributed by atoms with Gasteiger partial charge in [-0.1, -0.05) is 6.92 Å². The molecule has 5 heteroatoms. The summed E-state index contributed by atoms with van der Waals surface area (Å²) in [4.78, 5) is 5.01. The van der Waals surface area contributed by atoms with E-state index in [0.717, 1.165) is 12.3 Å². The van der Waals surface area contributed by atoms with E-state index in [2.05, 4.69) is 16.7 Å². The van der Waals surface area contributed by atoms with Gasteiger partial charge >= 0.3 is 0 Å². The molecule has 1 fully saturated rings. The van der Waals surface area contributed by atoms with Gasteiger partial charge in [-0.2, -0.15) is 0 Å². The lowest BCUT2D eigenvalue weighted by molar-refractivity contribution is 0.138. The van der Waals surface area contributed by atoms with Crippen molar-refractivity contribution in [1.29, 1.82) is 0 Å². The van der Waals surface area contributed by atoms with Crippen molar-refractivity contribution in [2.24, 2.45) is 0 Å². The van der Waals surface area contributed by atoms with Crippen LogP contribution in [0.5, 0.6) is 0 Å². The Balaban J connectivity index is 0. The van der Waals surface area contributed by atoms with Crippen LogP contribution in [0, 0.1) is 0 Å². The van der Waals surface area contributed by atoms with Crippen LogP contribution in [0.4, 0.5) is 0 Å². The number of piperazine rings is 1. The second-order valence-corrected chi connectivity index (χ2v) is 3.70. The fourth-order valence-corrected chi connectivity index (χ4v) is 1.73. The molecule has 88 valence electrons. The Labute approximate surface area is 105 Å². The van der Waals surface area contributed by atoms with E-state index in [-0.39, 0.29) is 24.8 Å². The Bertz CT molecular complexity index is 117. The Hall–Kier alpha value is 0.790. The zero-order valence-corrected chi connectivity index (χ0v) is 11.1. The Morgan fingerprint density at radius 3 is 1.93 bits per heavy atom. The Morgan fingerprint density at radius 1 is 1.00 bits per heavy atom. The third-order valence-electron chi connectivity index (χ3n) is 2.52. The fraction of sp³-hybridized carbons (Fsp3) is 1.00. The topological polar surface area (TPSA) is 6.48 Å². The molecule has 0 N–H and O–H groups in total. The van der Waals surface area contributed by atoms with Crippen LogP contribution in [0.1, 0.15) is 13.3 Å². The van der Waals surface area contributed by atoms with Crippen molar-refractivity contribution in [3.8, 4) is 0 Å². The molecule has 0 atom stereocenters. The monoisotopic (exact) mass is 262 g/mol. The molecule has 0 radical (unpaired) electrons. The van der Waals surface area contributed by atoms with Crippen LogP contribution in [0.2, 0.25) is 0 Å². The number of nitrogens with zero attached hydrogens (tertiary/aromatic N) is 2. The van der Waals surface area contributed by atoms with Crippen molar-refractivity contribution in [2.75, 3.05) is 45.1 Å². The van der Waals surface area contributed by atoms with E-state index in [1.165, 1.54) is 39.3 Å². The summed E-state index contributed by atoms with van der Waals surface area (Å²) in [6, 6.07) is 0. The predicted molar refractivity (Wildman–Crippen MR) is 68.4 cm³/mol. The minimum absolute atomic E-state index is 0. The normalized spacial score (nSPS) is 18.4. The molecular weight excluding hydrogens is 242 g/mol. The first-order chi connectivity index (χ1) is 5.86. The molecule has 1 saturated heterocycles. The molecule has 1 aliphatic rings. The molecule has 0 aromatic heterocycles. The summed E-state index contributed by atoms with van der Waals surface area (Å²) in [5.74, 6) is 0.800. The highest BCUT2D eigenvalue weighted by Gasteiger charge is 2.13. The van der Waals surface area contributed by atoms with Gasteiger partial charge in [0.1, 0.15) is 0 Å². The summed E-state index contributed by atoms with van der Waals surface area (Å²) in [5.41, 5.74) is 0. The Kier molecular flexibility index (Phi) is 12.7. The maximum atomic E-state index is 5.64. The summed E-state index contributed by atoms with van der Waals surface area (Å²) >= 11 is 5.64. The maximum Gasteiger partial charge on any atom is 0.0235 e. The zero-order valence-electron chi connectivity index (χ0n) is 8.75. The number of hydrogen-bond donors (Lipinski definition) is 0. The van der Waals surface area contributed by atoms with Gasteiger partial charge in [0.05, 0.1) is 0 Å². The van der Waals surface area contributed by atoms with Gasteiger partial charge in [0.15, 0.2) is 0 Å².